The molecular formula is C19H19N3O3. The maximum atomic E-state index is 12.9. The Morgan fingerprint density at radius 3 is 2.28 bits per heavy atom. The van der Waals surface area contributed by atoms with E-state index in [1.807, 2.05) is 36.4 Å². The topological polar surface area (TPSA) is 68.5 Å². The third kappa shape index (κ3) is 4.03. The standard InChI is InChI=1S/C19H19N3O3/c1-14-18(21-13-25-14)19(23)22(12-16-7-9-20-10-8-16)11-15-3-5-17(24-2)6-4-15/h3-10,13H,11-12H2,1-2H3. The molecule has 3 rings (SSSR count). The third-order valence-electron chi connectivity index (χ3n) is 3.89. The van der Waals surface area contributed by atoms with Crippen molar-refractivity contribution in [3.63, 3.8) is 0 Å². The molecule has 0 aliphatic rings. The molecule has 2 aromatic heterocycles. The van der Waals surface area contributed by atoms with Gasteiger partial charge in [0.25, 0.3) is 5.91 Å². The molecule has 1 aromatic carbocycles. The minimum Gasteiger partial charge on any atom is -0.497 e. The third-order valence-corrected chi connectivity index (χ3v) is 3.89. The summed E-state index contributed by atoms with van der Waals surface area (Å²) in [6, 6.07) is 11.4. The van der Waals surface area contributed by atoms with Crippen LogP contribution in [0.4, 0.5) is 0 Å². The summed E-state index contributed by atoms with van der Waals surface area (Å²) in [5.41, 5.74) is 2.34. The van der Waals surface area contributed by atoms with Crippen LogP contribution in [0, 0.1) is 6.92 Å². The number of oxazole rings is 1. The van der Waals surface area contributed by atoms with Gasteiger partial charge in [0.1, 0.15) is 11.5 Å². The summed E-state index contributed by atoms with van der Waals surface area (Å²) in [5, 5.41) is 0. The number of hydrogen-bond acceptors (Lipinski definition) is 5. The molecule has 0 saturated heterocycles. The second kappa shape index (κ2) is 7.61. The second-order valence-corrected chi connectivity index (χ2v) is 5.62. The number of methoxy groups -OCH3 is 1. The molecule has 25 heavy (non-hydrogen) atoms. The summed E-state index contributed by atoms with van der Waals surface area (Å²) in [4.78, 5) is 22.7. The first-order valence-electron chi connectivity index (χ1n) is 7.88. The van der Waals surface area contributed by atoms with E-state index in [-0.39, 0.29) is 5.91 Å². The van der Waals surface area contributed by atoms with E-state index >= 15 is 0 Å². The molecule has 128 valence electrons. The van der Waals surface area contributed by atoms with E-state index in [0.29, 0.717) is 24.5 Å². The molecule has 0 radical (unpaired) electrons. The summed E-state index contributed by atoms with van der Waals surface area (Å²) in [6.07, 6.45) is 4.72. The van der Waals surface area contributed by atoms with Crippen molar-refractivity contribution < 1.29 is 13.9 Å². The lowest BCUT2D eigenvalue weighted by Crippen LogP contribution is -2.30. The Morgan fingerprint density at radius 1 is 1.08 bits per heavy atom. The van der Waals surface area contributed by atoms with Crippen LogP contribution >= 0.6 is 0 Å². The Hall–Kier alpha value is -3.15. The molecule has 0 N–H and O–H groups in total. The highest BCUT2D eigenvalue weighted by Crippen LogP contribution is 2.17. The number of nitrogens with zero attached hydrogens (tertiary/aromatic N) is 3. The summed E-state index contributed by atoms with van der Waals surface area (Å²) >= 11 is 0. The fourth-order valence-corrected chi connectivity index (χ4v) is 2.52. The zero-order valence-corrected chi connectivity index (χ0v) is 14.2. The number of rotatable bonds is 6. The molecule has 6 heteroatoms. The second-order valence-electron chi connectivity index (χ2n) is 5.62. The molecule has 0 aliphatic carbocycles. The number of hydrogen-bond donors (Lipinski definition) is 0. The number of amides is 1. The molecule has 2 heterocycles. The van der Waals surface area contributed by atoms with Crippen LogP contribution in [0.5, 0.6) is 5.75 Å². The highest BCUT2D eigenvalue weighted by Gasteiger charge is 2.21. The zero-order chi connectivity index (χ0) is 17.6. The van der Waals surface area contributed by atoms with Crippen LogP contribution in [-0.4, -0.2) is 27.9 Å². The summed E-state index contributed by atoms with van der Waals surface area (Å²) < 4.78 is 10.4. The minimum absolute atomic E-state index is 0.168. The fourth-order valence-electron chi connectivity index (χ4n) is 2.52. The number of benzene rings is 1. The Morgan fingerprint density at radius 2 is 1.72 bits per heavy atom. The number of carbonyl (C=O) groups excluding carboxylic acids is 1. The van der Waals surface area contributed by atoms with Gasteiger partial charge >= 0.3 is 0 Å². The van der Waals surface area contributed by atoms with Crippen molar-refractivity contribution in [3.8, 4) is 5.75 Å². The largest absolute Gasteiger partial charge is 0.497 e. The van der Waals surface area contributed by atoms with Crippen LogP contribution < -0.4 is 4.74 Å². The van der Waals surface area contributed by atoms with Crippen molar-refractivity contribution in [2.24, 2.45) is 0 Å². The van der Waals surface area contributed by atoms with Crippen LogP contribution in [0.1, 0.15) is 27.4 Å². The van der Waals surface area contributed by atoms with Gasteiger partial charge in [-0.3, -0.25) is 9.78 Å². The van der Waals surface area contributed by atoms with Crippen LogP contribution in [0.3, 0.4) is 0 Å². The quantitative estimate of drug-likeness (QED) is 0.691. The fraction of sp³-hybridized carbons (Fsp3) is 0.211. The van der Waals surface area contributed by atoms with E-state index in [4.69, 9.17) is 9.15 Å². The number of aromatic nitrogens is 2. The van der Waals surface area contributed by atoms with E-state index in [0.717, 1.165) is 16.9 Å². The highest BCUT2D eigenvalue weighted by atomic mass is 16.5. The van der Waals surface area contributed by atoms with E-state index in [9.17, 15) is 4.79 Å². The van der Waals surface area contributed by atoms with Crippen LogP contribution in [0.25, 0.3) is 0 Å². The normalized spacial score (nSPS) is 10.5. The molecule has 0 atom stereocenters. The van der Waals surface area contributed by atoms with Gasteiger partial charge in [0, 0.05) is 25.5 Å². The van der Waals surface area contributed by atoms with Gasteiger partial charge < -0.3 is 14.1 Å². The summed E-state index contributed by atoms with van der Waals surface area (Å²) in [7, 11) is 1.63. The van der Waals surface area contributed by atoms with Crippen molar-refractivity contribution in [2.75, 3.05) is 7.11 Å². The number of pyridine rings is 1. The smallest absolute Gasteiger partial charge is 0.276 e. The highest BCUT2D eigenvalue weighted by molar-refractivity contribution is 5.93. The van der Waals surface area contributed by atoms with Crippen LogP contribution in [0.2, 0.25) is 0 Å². The lowest BCUT2D eigenvalue weighted by atomic mass is 10.1. The van der Waals surface area contributed by atoms with Gasteiger partial charge in [0.05, 0.1) is 7.11 Å². The molecule has 0 spiro atoms. The van der Waals surface area contributed by atoms with E-state index in [2.05, 4.69) is 9.97 Å². The van der Waals surface area contributed by atoms with Gasteiger partial charge in [-0.15, -0.1) is 0 Å². The molecule has 0 saturated carbocycles. The summed E-state index contributed by atoms with van der Waals surface area (Å²) in [5.74, 6) is 1.13. The van der Waals surface area contributed by atoms with Crippen molar-refractivity contribution in [1.82, 2.24) is 14.9 Å². The SMILES string of the molecule is COc1ccc(CN(Cc2ccncc2)C(=O)c2ncoc2C)cc1. The molecular weight excluding hydrogens is 318 g/mol. The van der Waals surface area contributed by atoms with Gasteiger partial charge in [-0.2, -0.15) is 0 Å². The van der Waals surface area contributed by atoms with E-state index in [1.54, 1.807) is 31.3 Å². The molecule has 3 aromatic rings. The number of carbonyl (C=O) groups is 1. The average Bonchev–Trinajstić information content (AvgIpc) is 3.08. The van der Waals surface area contributed by atoms with Crippen molar-refractivity contribution in [2.45, 2.75) is 20.0 Å². The summed E-state index contributed by atoms with van der Waals surface area (Å²) in [6.45, 7) is 2.65. The number of ether oxygens (including phenoxy) is 1. The molecule has 0 aliphatic heterocycles. The molecule has 6 nitrogen and oxygen atoms in total. The number of aryl methyl sites for hydroxylation is 1. The lowest BCUT2D eigenvalue weighted by molar-refractivity contribution is 0.0723. The Kier molecular flexibility index (Phi) is 5.09. The monoisotopic (exact) mass is 337 g/mol. The Balaban J connectivity index is 1.85. The first-order valence-corrected chi connectivity index (χ1v) is 7.88. The molecule has 0 bridgehead atoms. The first kappa shape index (κ1) is 16.7. The van der Waals surface area contributed by atoms with Gasteiger partial charge in [0.2, 0.25) is 0 Å². The molecule has 1 amide bonds. The van der Waals surface area contributed by atoms with Crippen molar-refractivity contribution in [3.05, 3.63) is 77.8 Å². The van der Waals surface area contributed by atoms with Crippen molar-refractivity contribution >= 4 is 5.91 Å². The Labute approximate surface area is 146 Å². The maximum Gasteiger partial charge on any atom is 0.276 e. The maximum absolute atomic E-state index is 12.9. The van der Waals surface area contributed by atoms with Crippen LogP contribution in [0.15, 0.2) is 59.6 Å². The average molecular weight is 337 g/mol. The van der Waals surface area contributed by atoms with Gasteiger partial charge in [-0.25, -0.2) is 4.98 Å². The zero-order valence-electron chi connectivity index (χ0n) is 14.2. The van der Waals surface area contributed by atoms with E-state index < -0.39 is 0 Å². The minimum atomic E-state index is -0.168. The van der Waals surface area contributed by atoms with Gasteiger partial charge in [-0.05, 0) is 42.3 Å². The predicted octanol–water partition coefficient (Wildman–Crippen LogP) is 3.23. The van der Waals surface area contributed by atoms with E-state index in [1.165, 1.54) is 6.39 Å². The van der Waals surface area contributed by atoms with Gasteiger partial charge in [0.15, 0.2) is 12.1 Å². The van der Waals surface area contributed by atoms with Crippen molar-refractivity contribution in [1.29, 1.82) is 0 Å². The first-order chi connectivity index (χ1) is 12.2. The van der Waals surface area contributed by atoms with Crippen LogP contribution in [-0.2, 0) is 13.1 Å². The van der Waals surface area contributed by atoms with Gasteiger partial charge in [-0.1, -0.05) is 12.1 Å². The molecule has 0 unspecified atom stereocenters. The lowest BCUT2D eigenvalue weighted by Gasteiger charge is -2.22. The predicted molar refractivity (Wildman–Crippen MR) is 92.0 cm³/mol. The Bertz CT molecular complexity index is 829. The molecule has 0 fully saturated rings.